The van der Waals surface area contributed by atoms with E-state index in [9.17, 15) is 32.0 Å². The van der Waals surface area contributed by atoms with Crippen LogP contribution in [-0.4, -0.2) is 84.0 Å². The van der Waals surface area contributed by atoms with Crippen molar-refractivity contribution in [1.29, 1.82) is 0 Å². The number of rotatable bonds is 16. The maximum atomic E-state index is 13.4. The van der Waals surface area contributed by atoms with Crippen LogP contribution in [0.1, 0.15) is 122 Å². The molecule has 0 aliphatic carbocycles. The van der Waals surface area contributed by atoms with Crippen molar-refractivity contribution in [3.05, 3.63) is 83.6 Å². The Morgan fingerprint density at radius 1 is 0.982 bits per heavy atom. The summed E-state index contributed by atoms with van der Waals surface area (Å²) in [6.45, 7) is 12.2. The quantitative estimate of drug-likeness (QED) is 0.169. The van der Waals surface area contributed by atoms with E-state index in [2.05, 4.69) is 28.7 Å². The number of likely N-dealkylation sites (tertiary alicyclic amines) is 1. The van der Waals surface area contributed by atoms with E-state index in [0.717, 1.165) is 35.5 Å². The number of nitrogens with zero attached hydrogens (tertiary/aromatic N) is 4. The summed E-state index contributed by atoms with van der Waals surface area (Å²) in [4.78, 5) is 32.7. The Hall–Kier alpha value is -1.79. The number of hydrogen-bond acceptors (Lipinski definition) is 9. The Labute approximate surface area is 371 Å². The predicted octanol–water partition coefficient (Wildman–Crippen LogP) is 3.23. The predicted molar refractivity (Wildman–Crippen MR) is 208 cm³/mol. The SMILES string of the molecule is CCC(CC(CC(CC(C)c1ccc(S(=O)(=O)CC(=O)NC2CC(C)(C)N([O-])C(C)(C)C2)cc1)c1ccc(S(=O)[O-])cc1)N1CCCC1=O)n1ccnc1.[K+]. The van der Waals surface area contributed by atoms with E-state index in [1.165, 1.54) is 0 Å². The van der Waals surface area contributed by atoms with Crippen LogP contribution in [0.25, 0.3) is 0 Å². The van der Waals surface area contributed by atoms with Gasteiger partial charge in [0.1, 0.15) is 5.75 Å². The Balaban J connectivity index is 0.00000673. The number of carbonyl (C=O) groups excluding carboxylic acids is 2. The molecule has 296 valence electrons. The van der Waals surface area contributed by atoms with E-state index in [1.54, 1.807) is 42.6 Å². The number of hydroxylamine groups is 2. The molecule has 2 fully saturated rings. The van der Waals surface area contributed by atoms with Gasteiger partial charge >= 0.3 is 51.4 Å². The largest absolute Gasteiger partial charge is 1.00 e. The average Bonchev–Trinajstić information content (AvgIpc) is 3.80. The van der Waals surface area contributed by atoms with Gasteiger partial charge in [0, 0.05) is 59.5 Å². The maximum absolute atomic E-state index is 13.4. The zero-order chi connectivity index (χ0) is 39.4. The molecule has 2 aromatic carbocycles. The van der Waals surface area contributed by atoms with E-state index in [4.69, 9.17) is 0 Å². The second-order valence-electron chi connectivity index (χ2n) is 16.4. The van der Waals surface area contributed by atoms with Gasteiger partial charge in [0.15, 0.2) is 9.84 Å². The van der Waals surface area contributed by atoms with Gasteiger partial charge in [-0.2, -0.15) is 0 Å². The summed E-state index contributed by atoms with van der Waals surface area (Å²) in [6.07, 6.45) is 10.7. The first-order valence-corrected chi connectivity index (χ1v) is 21.7. The Bertz CT molecular complexity index is 1850. The van der Waals surface area contributed by atoms with Crippen LogP contribution in [0.15, 0.2) is 77.0 Å². The molecule has 1 aromatic heterocycles. The molecule has 0 spiro atoms. The molecule has 0 saturated carbocycles. The molecule has 2 aliphatic heterocycles. The van der Waals surface area contributed by atoms with Gasteiger partial charge in [0.25, 0.3) is 0 Å². The van der Waals surface area contributed by atoms with Gasteiger partial charge in [0.2, 0.25) is 11.8 Å². The molecule has 55 heavy (non-hydrogen) atoms. The summed E-state index contributed by atoms with van der Waals surface area (Å²) in [5.74, 6) is -1.20. The van der Waals surface area contributed by atoms with Crippen molar-refractivity contribution in [3.63, 3.8) is 0 Å². The molecule has 1 N–H and O–H groups in total. The zero-order valence-electron chi connectivity index (χ0n) is 33.3. The minimum absolute atomic E-state index is 0. The minimum Gasteiger partial charge on any atom is -0.784 e. The van der Waals surface area contributed by atoms with E-state index in [0.29, 0.717) is 38.6 Å². The van der Waals surface area contributed by atoms with Crippen LogP contribution in [-0.2, 0) is 30.5 Å². The fraction of sp³-hybridized carbons (Fsp3) is 0.575. The first kappa shape index (κ1) is 45.9. The molecule has 2 amide bonds. The van der Waals surface area contributed by atoms with Gasteiger partial charge in [-0.1, -0.05) is 38.1 Å². The van der Waals surface area contributed by atoms with E-state index < -0.39 is 43.7 Å². The molecule has 2 saturated heterocycles. The van der Waals surface area contributed by atoms with Crippen molar-refractivity contribution < 1.29 is 78.2 Å². The van der Waals surface area contributed by atoms with Crippen molar-refractivity contribution >= 4 is 32.7 Å². The van der Waals surface area contributed by atoms with Crippen LogP contribution in [0.2, 0.25) is 0 Å². The number of aromatic nitrogens is 2. The normalized spacial score (nSPS) is 20.3. The number of hydrogen-bond donors (Lipinski definition) is 1. The van der Waals surface area contributed by atoms with Crippen LogP contribution < -0.4 is 56.7 Å². The van der Waals surface area contributed by atoms with Crippen LogP contribution in [0.5, 0.6) is 0 Å². The van der Waals surface area contributed by atoms with Gasteiger partial charge < -0.3 is 29.6 Å². The van der Waals surface area contributed by atoms with Crippen LogP contribution in [0.4, 0.5) is 0 Å². The maximum Gasteiger partial charge on any atom is 1.00 e. The number of imidazole rings is 1. The van der Waals surface area contributed by atoms with Crippen LogP contribution in [0.3, 0.4) is 0 Å². The molecule has 15 heteroatoms. The number of sulfone groups is 1. The average molecular weight is 821 g/mol. The Morgan fingerprint density at radius 3 is 2.13 bits per heavy atom. The zero-order valence-corrected chi connectivity index (χ0v) is 38.0. The summed E-state index contributed by atoms with van der Waals surface area (Å²) in [5, 5.41) is 16.7. The van der Waals surface area contributed by atoms with Gasteiger partial charge in [-0.3, -0.25) is 13.8 Å². The minimum atomic E-state index is -3.94. The first-order valence-electron chi connectivity index (χ1n) is 19.0. The Kier molecular flexibility index (Phi) is 16.1. The molecular weight excluding hydrogens is 766 g/mol. The summed E-state index contributed by atoms with van der Waals surface area (Å²) in [7, 11) is -3.94. The fourth-order valence-electron chi connectivity index (χ4n) is 8.71. The standard InChI is InChI=1S/C40H56N5O7S2.K/c1-7-33(43-20-18-41-27-43)23-34(44-19-8-9-38(44)47)22-31(30-10-14-35(15-11-30)53(49)50)21-28(2)29-12-16-36(17-13-29)54(51,52)26-37(46)42-32-24-39(3,4)45(48)40(5,6)25-32;/h10-18,20,27-28,31-34H,7-9,19,21-26H2,1-6H3,(H,42,46)(H,49,50);/q-1;+1/p-1. The Morgan fingerprint density at radius 2 is 1.60 bits per heavy atom. The molecule has 3 aromatic rings. The van der Waals surface area contributed by atoms with Crippen molar-refractivity contribution in [2.75, 3.05) is 12.3 Å². The summed E-state index contributed by atoms with van der Waals surface area (Å²) < 4.78 is 52.2. The van der Waals surface area contributed by atoms with Gasteiger partial charge in [-0.15, -0.1) is 0 Å². The molecule has 5 unspecified atom stereocenters. The first-order chi connectivity index (χ1) is 25.4. The van der Waals surface area contributed by atoms with Gasteiger partial charge in [-0.05, 0) is 131 Å². The van der Waals surface area contributed by atoms with E-state index >= 15 is 0 Å². The van der Waals surface area contributed by atoms with Crippen molar-refractivity contribution in [1.82, 2.24) is 24.8 Å². The second-order valence-corrected chi connectivity index (χ2v) is 19.4. The van der Waals surface area contributed by atoms with E-state index in [-0.39, 0.29) is 97.0 Å². The summed E-state index contributed by atoms with van der Waals surface area (Å²) in [6, 6.07) is 13.4. The fourth-order valence-corrected chi connectivity index (χ4v) is 10.2. The third-order valence-electron chi connectivity index (χ3n) is 11.3. The molecule has 3 heterocycles. The monoisotopic (exact) mass is 820 g/mol. The number of carbonyl (C=O) groups is 2. The van der Waals surface area contributed by atoms with Gasteiger partial charge in [-0.25, -0.2) is 13.4 Å². The van der Waals surface area contributed by atoms with Gasteiger partial charge in [0.05, 0.1) is 11.2 Å². The van der Waals surface area contributed by atoms with Crippen molar-refractivity contribution in [3.8, 4) is 0 Å². The molecule has 0 radical (unpaired) electrons. The number of benzene rings is 2. The molecule has 5 rings (SSSR count). The summed E-state index contributed by atoms with van der Waals surface area (Å²) in [5.41, 5.74) is 0.500. The van der Waals surface area contributed by atoms with E-state index in [1.807, 2.05) is 57.3 Å². The summed E-state index contributed by atoms with van der Waals surface area (Å²) >= 11 is -2.36. The van der Waals surface area contributed by atoms with Crippen LogP contribution >= 0.6 is 0 Å². The second kappa shape index (κ2) is 19.3. The topological polar surface area (TPSA) is 168 Å². The van der Waals surface area contributed by atoms with Crippen LogP contribution in [0, 0.1) is 5.21 Å². The molecule has 12 nitrogen and oxygen atoms in total. The smallest absolute Gasteiger partial charge is 0.784 e. The number of amides is 2. The molecular formula is C40H55KN5O7S2-. The third kappa shape index (κ3) is 11.7. The molecule has 5 atom stereocenters. The molecule has 2 aliphatic rings. The molecule has 0 bridgehead atoms. The number of piperidine rings is 1. The van der Waals surface area contributed by atoms with Crippen molar-refractivity contribution in [2.24, 2.45) is 0 Å². The number of nitrogens with one attached hydrogen (secondary N) is 1. The third-order valence-corrected chi connectivity index (χ3v) is 13.6. The van der Waals surface area contributed by atoms with Crippen molar-refractivity contribution in [2.45, 2.75) is 144 Å².